The number of ether oxygens (including phenoxy) is 1. The Morgan fingerprint density at radius 1 is 1.46 bits per heavy atom. The number of Topliss-reactive ketones (excluding diaryl/α,β-unsaturated/α-hetero) is 1. The molecule has 1 rings (SSSR count). The molecule has 0 atom stereocenters. The monoisotopic (exact) mass is 183 g/mol. The number of rotatable bonds is 3. The topological polar surface area (TPSA) is 29.5 Å². The van der Waals surface area contributed by atoms with Crippen LogP contribution < -0.4 is 0 Å². The average molecular weight is 183 g/mol. The maximum absolute atomic E-state index is 11.1. The van der Waals surface area contributed by atoms with Crippen LogP contribution in [-0.2, 0) is 9.53 Å². The van der Waals surface area contributed by atoms with Gasteiger partial charge in [0.25, 0.3) is 0 Å². The fourth-order valence-electron chi connectivity index (χ4n) is 1.41. The third-order valence-corrected chi connectivity index (χ3v) is 2.30. The number of carbonyl (C=O) groups excluding carboxylic acids is 1. The number of nitrogens with zero attached hydrogens (tertiary/aromatic N) is 1. The summed E-state index contributed by atoms with van der Waals surface area (Å²) in [6, 6.07) is 0. The zero-order valence-electron chi connectivity index (χ0n) is 8.38. The summed E-state index contributed by atoms with van der Waals surface area (Å²) in [5.41, 5.74) is 0.905. The summed E-state index contributed by atoms with van der Waals surface area (Å²) in [5, 5.41) is 0. The van der Waals surface area contributed by atoms with Gasteiger partial charge in [0.05, 0.1) is 13.2 Å². The van der Waals surface area contributed by atoms with Crippen LogP contribution in [0.4, 0.5) is 0 Å². The smallest absolute Gasteiger partial charge is 0.156 e. The normalized spacial score (nSPS) is 20.3. The Hall–Kier alpha value is -0.670. The van der Waals surface area contributed by atoms with Gasteiger partial charge in [-0.3, -0.25) is 9.69 Å². The van der Waals surface area contributed by atoms with Crippen LogP contribution in [0.15, 0.2) is 11.6 Å². The quantitative estimate of drug-likeness (QED) is 0.608. The lowest BCUT2D eigenvalue weighted by atomic mass is 10.1. The molecule has 0 spiro atoms. The fraction of sp³-hybridized carbons (Fsp3) is 0.700. The fourth-order valence-corrected chi connectivity index (χ4v) is 1.41. The Balaban J connectivity index is 2.41. The lowest BCUT2D eigenvalue weighted by Crippen LogP contribution is -2.38. The Morgan fingerprint density at radius 2 is 2.08 bits per heavy atom. The molecule has 0 aliphatic carbocycles. The number of allylic oxidation sites excluding steroid dienone is 1. The molecule has 1 saturated heterocycles. The van der Waals surface area contributed by atoms with Crippen molar-refractivity contribution < 1.29 is 9.53 Å². The van der Waals surface area contributed by atoms with E-state index in [1.54, 1.807) is 6.92 Å². The molecule has 13 heavy (non-hydrogen) atoms. The third-order valence-electron chi connectivity index (χ3n) is 2.30. The van der Waals surface area contributed by atoms with Crippen LogP contribution >= 0.6 is 0 Å². The van der Waals surface area contributed by atoms with Crippen LogP contribution in [-0.4, -0.2) is 43.5 Å². The molecule has 1 aliphatic heterocycles. The van der Waals surface area contributed by atoms with Gasteiger partial charge in [0, 0.05) is 25.2 Å². The van der Waals surface area contributed by atoms with Crippen molar-refractivity contribution in [1.82, 2.24) is 4.90 Å². The molecule has 3 heteroatoms. The predicted octanol–water partition coefficient (Wildman–Crippen LogP) is 0.854. The Kier molecular flexibility index (Phi) is 4.12. The van der Waals surface area contributed by atoms with E-state index in [9.17, 15) is 4.79 Å². The van der Waals surface area contributed by atoms with E-state index in [1.807, 2.05) is 13.0 Å². The Morgan fingerprint density at radius 3 is 2.54 bits per heavy atom. The summed E-state index contributed by atoms with van der Waals surface area (Å²) < 4.78 is 5.23. The molecule has 1 fully saturated rings. The summed E-state index contributed by atoms with van der Waals surface area (Å²) in [5.74, 6) is 0.175. The SMILES string of the molecule is C/C=C(\CN1CCOCC1)C(C)=O. The molecule has 0 unspecified atom stereocenters. The molecule has 0 bridgehead atoms. The van der Waals surface area contributed by atoms with E-state index in [1.165, 1.54) is 0 Å². The van der Waals surface area contributed by atoms with E-state index in [0.29, 0.717) is 0 Å². The molecule has 0 aromatic rings. The van der Waals surface area contributed by atoms with Gasteiger partial charge in [-0.1, -0.05) is 6.08 Å². The maximum atomic E-state index is 11.1. The van der Waals surface area contributed by atoms with Crippen molar-refractivity contribution in [3.8, 4) is 0 Å². The van der Waals surface area contributed by atoms with Gasteiger partial charge in [-0.2, -0.15) is 0 Å². The highest BCUT2D eigenvalue weighted by molar-refractivity contribution is 5.93. The minimum Gasteiger partial charge on any atom is -0.379 e. The van der Waals surface area contributed by atoms with E-state index in [-0.39, 0.29) is 5.78 Å². The predicted molar refractivity (Wildman–Crippen MR) is 51.7 cm³/mol. The van der Waals surface area contributed by atoms with Gasteiger partial charge in [0.2, 0.25) is 0 Å². The summed E-state index contributed by atoms with van der Waals surface area (Å²) in [4.78, 5) is 13.4. The van der Waals surface area contributed by atoms with Gasteiger partial charge in [-0.25, -0.2) is 0 Å². The molecule has 0 aromatic heterocycles. The van der Waals surface area contributed by atoms with E-state index >= 15 is 0 Å². The molecule has 0 amide bonds. The molecular formula is C10H17NO2. The standard InChI is InChI=1S/C10H17NO2/c1-3-10(9(2)12)8-11-4-6-13-7-5-11/h3H,4-8H2,1-2H3/b10-3+. The maximum Gasteiger partial charge on any atom is 0.156 e. The number of hydrogen-bond donors (Lipinski definition) is 0. The second-order valence-corrected chi connectivity index (χ2v) is 3.26. The van der Waals surface area contributed by atoms with Crippen molar-refractivity contribution in [2.75, 3.05) is 32.8 Å². The largest absolute Gasteiger partial charge is 0.379 e. The summed E-state index contributed by atoms with van der Waals surface area (Å²) in [6.45, 7) is 7.75. The lowest BCUT2D eigenvalue weighted by molar-refractivity contribution is -0.114. The molecule has 0 N–H and O–H groups in total. The van der Waals surface area contributed by atoms with Crippen LogP contribution in [0.2, 0.25) is 0 Å². The van der Waals surface area contributed by atoms with Crippen molar-refractivity contribution in [2.24, 2.45) is 0 Å². The molecule has 74 valence electrons. The zero-order chi connectivity index (χ0) is 9.68. The summed E-state index contributed by atoms with van der Waals surface area (Å²) in [7, 11) is 0. The first-order valence-electron chi connectivity index (χ1n) is 4.70. The van der Waals surface area contributed by atoms with Crippen LogP contribution in [0, 0.1) is 0 Å². The molecule has 1 heterocycles. The van der Waals surface area contributed by atoms with Crippen molar-refractivity contribution in [3.05, 3.63) is 11.6 Å². The average Bonchev–Trinajstić information content (AvgIpc) is 2.15. The first-order valence-corrected chi connectivity index (χ1v) is 4.70. The van der Waals surface area contributed by atoms with Gasteiger partial charge < -0.3 is 4.74 Å². The Labute approximate surface area is 79.4 Å². The minimum absolute atomic E-state index is 0.175. The van der Waals surface area contributed by atoms with Crippen molar-refractivity contribution in [2.45, 2.75) is 13.8 Å². The highest BCUT2D eigenvalue weighted by Gasteiger charge is 2.13. The van der Waals surface area contributed by atoms with E-state index < -0.39 is 0 Å². The first-order chi connectivity index (χ1) is 6.24. The number of ketones is 1. The van der Waals surface area contributed by atoms with Crippen LogP contribution in [0.5, 0.6) is 0 Å². The van der Waals surface area contributed by atoms with Gasteiger partial charge in [-0.15, -0.1) is 0 Å². The molecule has 0 aromatic carbocycles. The minimum atomic E-state index is 0.175. The van der Waals surface area contributed by atoms with E-state index in [2.05, 4.69) is 4.90 Å². The zero-order valence-corrected chi connectivity index (χ0v) is 8.38. The van der Waals surface area contributed by atoms with Gasteiger partial charge in [0.1, 0.15) is 0 Å². The summed E-state index contributed by atoms with van der Waals surface area (Å²) >= 11 is 0. The molecule has 0 radical (unpaired) electrons. The third kappa shape index (κ3) is 3.28. The van der Waals surface area contributed by atoms with Crippen LogP contribution in [0.3, 0.4) is 0 Å². The van der Waals surface area contributed by atoms with Gasteiger partial charge >= 0.3 is 0 Å². The molecule has 1 aliphatic rings. The lowest BCUT2D eigenvalue weighted by Gasteiger charge is -2.26. The highest BCUT2D eigenvalue weighted by Crippen LogP contribution is 2.03. The van der Waals surface area contributed by atoms with Crippen molar-refractivity contribution in [1.29, 1.82) is 0 Å². The highest BCUT2D eigenvalue weighted by atomic mass is 16.5. The molecular weight excluding hydrogens is 166 g/mol. The van der Waals surface area contributed by atoms with Crippen molar-refractivity contribution >= 4 is 5.78 Å². The molecule has 0 saturated carbocycles. The number of carbonyl (C=O) groups is 1. The van der Waals surface area contributed by atoms with E-state index in [4.69, 9.17) is 4.74 Å². The van der Waals surface area contributed by atoms with E-state index in [0.717, 1.165) is 38.4 Å². The van der Waals surface area contributed by atoms with Crippen molar-refractivity contribution in [3.63, 3.8) is 0 Å². The van der Waals surface area contributed by atoms with Gasteiger partial charge in [-0.05, 0) is 13.8 Å². The Bertz CT molecular complexity index is 205. The molecule has 3 nitrogen and oxygen atoms in total. The van der Waals surface area contributed by atoms with Gasteiger partial charge in [0.15, 0.2) is 5.78 Å². The van der Waals surface area contributed by atoms with Crippen LogP contribution in [0.25, 0.3) is 0 Å². The van der Waals surface area contributed by atoms with Crippen LogP contribution in [0.1, 0.15) is 13.8 Å². The second-order valence-electron chi connectivity index (χ2n) is 3.26. The second kappa shape index (κ2) is 5.14. The number of hydrogen-bond acceptors (Lipinski definition) is 3. The first kappa shape index (κ1) is 10.4. The summed E-state index contributed by atoms with van der Waals surface area (Å²) in [6.07, 6.45) is 1.90. The number of morpholine rings is 1.